The zero-order chi connectivity index (χ0) is 16.3. The van der Waals surface area contributed by atoms with Gasteiger partial charge in [0.25, 0.3) is 5.91 Å². The molecule has 2 aromatic rings. The van der Waals surface area contributed by atoms with Crippen molar-refractivity contribution in [1.82, 2.24) is 0 Å². The van der Waals surface area contributed by atoms with E-state index >= 15 is 0 Å². The van der Waals surface area contributed by atoms with Crippen LogP contribution in [0.5, 0.6) is 0 Å². The first-order valence-corrected chi connectivity index (χ1v) is 6.38. The molecule has 0 aliphatic carbocycles. The highest BCUT2D eigenvalue weighted by Gasteiger charge is 2.30. The highest BCUT2D eigenvalue weighted by molar-refractivity contribution is 6.04. The molecule has 23 heavy (non-hydrogen) atoms. The molecule has 0 aliphatic rings. The summed E-state index contributed by atoms with van der Waals surface area (Å²) in [4.78, 5) is 12.0. The minimum absolute atomic E-state index is 0. The van der Waals surface area contributed by atoms with Gasteiger partial charge in [-0.15, -0.1) is 12.4 Å². The Hall–Kier alpha value is -2.25. The van der Waals surface area contributed by atoms with E-state index in [1.54, 1.807) is 12.1 Å². The van der Waals surface area contributed by atoms with Crippen molar-refractivity contribution >= 4 is 29.7 Å². The van der Waals surface area contributed by atoms with E-state index in [2.05, 4.69) is 5.32 Å². The van der Waals surface area contributed by atoms with Gasteiger partial charge >= 0.3 is 6.18 Å². The largest absolute Gasteiger partial charge is 0.416 e. The van der Waals surface area contributed by atoms with Crippen molar-refractivity contribution in [3.05, 3.63) is 59.2 Å². The Bertz CT molecular complexity index is 705. The molecule has 2 rings (SSSR count). The fourth-order valence-corrected chi connectivity index (χ4v) is 1.90. The van der Waals surface area contributed by atoms with E-state index in [1.165, 1.54) is 18.2 Å². The molecule has 0 heterocycles. The van der Waals surface area contributed by atoms with Crippen LogP contribution in [0.1, 0.15) is 21.5 Å². The number of amides is 1. The summed E-state index contributed by atoms with van der Waals surface area (Å²) in [5.41, 5.74) is 11.8. The van der Waals surface area contributed by atoms with Crippen molar-refractivity contribution in [3.8, 4) is 0 Å². The maximum absolute atomic E-state index is 12.6. The summed E-state index contributed by atoms with van der Waals surface area (Å²) in [5, 5.41) is 2.50. The average Bonchev–Trinajstić information content (AvgIpc) is 2.46. The van der Waals surface area contributed by atoms with Crippen LogP contribution in [0.4, 0.5) is 24.5 Å². The third kappa shape index (κ3) is 4.61. The summed E-state index contributed by atoms with van der Waals surface area (Å²) in [6.45, 7) is 0.258. The lowest BCUT2D eigenvalue weighted by atomic mass is 10.1. The average molecular weight is 346 g/mol. The Morgan fingerprint density at radius 3 is 2.39 bits per heavy atom. The molecule has 0 aliphatic heterocycles. The van der Waals surface area contributed by atoms with E-state index in [1.807, 2.05) is 0 Å². The highest BCUT2D eigenvalue weighted by atomic mass is 35.5. The van der Waals surface area contributed by atoms with Gasteiger partial charge in [0, 0.05) is 23.5 Å². The maximum atomic E-state index is 12.6. The van der Waals surface area contributed by atoms with E-state index in [-0.39, 0.29) is 24.5 Å². The second kappa shape index (κ2) is 7.34. The minimum atomic E-state index is -4.50. The molecule has 0 spiro atoms. The molecule has 0 bridgehead atoms. The molecular weight excluding hydrogens is 331 g/mol. The minimum Gasteiger partial charge on any atom is -0.398 e. The van der Waals surface area contributed by atoms with E-state index in [9.17, 15) is 18.0 Å². The predicted molar refractivity (Wildman–Crippen MR) is 85.4 cm³/mol. The first-order chi connectivity index (χ1) is 10.3. The fraction of sp³-hybridized carbons (Fsp3) is 0.133. The van der Waals surface area contributed by atoms with E-state index in [4.69, 9.17) is 11.5 Å². The molecule has 1 amide bonds. The number of hydrogen-bond acceptors (Lipinski definition) is 3. The van der Waals surface area contributed by atoms with E-state index < -0.39 is 17.6 Å². The smallest absolute Gasteiger partial charge is 0.398 e. The van der Waals surface area contributed by atoms with Gasteiger partial charge in [-0.1, -0.05) is 12.1 Å². The summed E-state index contributed by atoms with van der Waals surface area (Å²) >= 11 is 0. The topological polar surface area (TPSA) is 81.1 Å². The van der Waals surface area contributed by atoms with Crippen molar-refractivity contribution in [2.24, 2.45) is 5.73 Å². The van der Waals surface area contributed by atoms with Gasteiger partial charge in [0.1, 0.15) is 0 Å². The third-order valence-corrected chi connectivity index (χ3v) is 3.08. The fourth-order valence-electron chi connectivity index (χ4n) is 1.90. The number of nitrogens with two attached hydrogens (primary N) is 2. The zero-order valence-corrected chi connectivity index (χ0v) is 12.7. The van der Waals surface area contributed by atoms with Crippen LogP contribution in [0.25, 0.3) is 0 Å². The van der Waals surface area contributed by atoms with Gasteiger partial charge in [-0.2, -0.15) is 13.2 Å². The standard InChI is InChI=1S/C15H14F3N3O.ClH/c16-15(17,18)11-3-1-2-9(6-11)14(22)21-12-5-4-10(8-19)13(20)7-12;/h1-7H,8,19-20H2,(H,21,22);1H. The summed E-state index contributed by atoms with van der Waals surface area (Å²) in [7, 11) is 0. The molecule has 2 aromatic carbocycles. The van der Waals surface area contributed by atoms with Crippen LogP contribution >= 0.6 is 12.4 Å². The molecule has 0 saturated carbocycles. The number of hydrogen-bond donors (Lipinski definition) is 3. The highest BCUT2D eigenvalue weighted by Crippen LogP contribution is 2.29. The van der Waals surface area contributed by atoms with Crippen molar-refractivity contribution in [2.45, 2.75) is 12.7 Å². The molecule has 4 nitrogen and oxygen atoms in total. The summed E-state index contributed by atoms with van der Waals surface area (Å²) in [6, 6.07) is 8.94. The Morgan fingerprint density at radius 2 is 1.83 bits per heavy atom. The van der Waals surface area contributed by atoms with Gasteiger partial charge in [0.15, 0.2) is 0 Å². The molecule has 0 radical (unpaired) electrons. The molecule has 0 unspecified atom stereocenters. The lowest BCUT2D eigenvalue weighted by Crippen LogP contribution is -2.14. The maximum Gasteiger partial charge on any atom is 0.416 e. The van der Waals surface area contributed by atoms with Crippen LogP contribution in [-0.4, -0.2) is 5.91 Å². The normalized spacial score (nSPS) is 10.8. The number of halogens is 4. The quantitative estimate of drug-likeness (QED) is 0.745. The number of rotatable bonds is 3. The van der Waals surface area contributed by atoms with Crippen LogP contribution in [0.15, 0.2) is 42.5 Å². The van der Waals surface area contributed by atoms with Crippen LogP contribution in [0.3, 0.4) is 0 Å². The molecule has 8 heteroatoms. The second-order valence-electron chi connectivity index (χ2n) is 4.65. The summed E-state index contributed by atoms with van der Waals surface area (Å²) < 4.78 is 37.9. The molecule has 5 N–H and O–H groups in total. The zero-order valence-electron chi connectivity index (χ0n) is 11.9. The number of nitrogen functional groups attached to an aromatic ring is 1. The van der Waals surface area contributed by atoms with E-state index in [0.29, 0.717) is 11.4 Å². The van der Waals surface area contributed by atoms with Crippen LogP contribution < -0.4 is 16.8 Å². The van der Waals surface area contributed by atoms with Gasteiger partial charge in [0.05, 0.1) is 5.56 Å². The SMILES string of the molecule is Cl.NCc1ccc(NC(=O)c2cccc(C(F)(F)F)c2)cc1N. The number of nitrogens with one attached hydrogen (secondary N) is 1. The van der Waals surface area contributed by atoms with Crippen molar-refractivity contribution in [2.75, 3.05) is 11.1 Å². The Balaban J connectivity index is 0.00000264. The molecular formula is C15H15ClF3N3O. The molecule has 0 saturated heterocycles. The number of carbonyl (C=O) groups is 1. The van der Waals surface area contributed by atoms with Gasteiger partial charge in [0.2, 0.25) is 0 Å². The monoisotopic (exact) mass is 345 g/mol. The Kier molecular flexibility index (Phi) is 6.00. The molecule has 0 fully saturated rings. The van der Waals surface area contributed by atoms with Crippen molar-refractivity contribution in [1.29, 1.82) is 0 Å². The third-order valence-electron chi connectivity index (χ3n) is 3.08. The first-order valence-electron chi connectivity index (χ1n) is 6.38. The van der Waals surface area contributed by atoms with Gasteiger partial charge in [-0.3, -0.25) is 4.79 Å². The summed E-state index contributed by atoms with van der Waals surface area (Å²) in [5.74, 6) is -0.647. The van der Waals surface area contributed by atoms with E-state index in [0.717, 1.165) is 17.7 Å². The lowest BCUT2D eigenvalue weighted by Gasteiger charge is -2.10. The summed E-state index contributed by atoms with van der Waals surface area (Å²) in [6.07, 6.45) is -4.50. The predicted octanol–water partition coefficient (Wildman–Crippen LogP) is 3.42. The number of anilines is 2. The van der Waals surface area contributed by atoms with Crippen LogP contribution in [-0.2, 0) is 12.7 Å². The van der Waals surface area contributed by atoms with Crippen molar-refractivity contribution in [3.63, 3.8) is 0 Å². The number of benzene rings is 2. The number of alkyl halides is 3. The lowest BCUT2D eigenvalue weighted by molar-refractivity contribution is -0.137. The molecule has 0 atom stereocenters. The Labute approximate surface area is 137 Å². The molecule has 124 valence electrons. The molecule has 0 aromatic heterocycles. The van der Waals surface area contributed by atoms with Crippen LogP contribution in [0, 0.1) is 0 Å². The number of carbonyl (C=O) groups excluding carboxylic acids is 1. The van der Waals surface area contributed by atoms with Gasteiger partial charge < -0.3 is 16.8 Å². The Morgan fingerprint density at radius 1 is 1.13 bits per heavy atom. The first kappa shape index (κ1) is 18.8. The van der Waals surface area contributed by atoms with Crippen LogP contribution in [0.2, 0.25) is 0 Å². The van der Waals surface area contributed by atoms with Crippen molar-refractivity contribution < 1.29 is 18.0 Å². The van der Waals surface area contributed by atoms with Gasteiger partial charge in [-0.05, 0) is 35.9 Å². The second-order valence-corrected chi connectivity index (χ2v) is 4.65. The van der Waals surface area contributed by atoms with Gasteiger partial charge in [-0.25, -0.2) is 0 Å².